The number of aromatic nitrogens is 4. The number of hydrogen-bond donors (Lipinski definition) is 1. The van der Waals surface area contributed by atoms with Crippen LogP contribution in [0.2, 0.25) is 10.0 Å². The van der Waals surface area contributed by atoms with Crippen molar-refractivity contribution >= 4 is 29.2 Å². The Labute approximate surface area is 112 Å². The minimum atomic E-state index is -1.04. The van der Waals surface area contributed by atoms with Crippen molar-refractivity contribution in [3.63, 3.8) is 0 Å². The first-order valence-electron chi connectivity index (χ1n) is 4.97. The first-order valence-corrected chi connectivity index (χ1v) is 5.72. The maximum absolute atomic E-state index is 11.0. The fourth-order valence-corrected chi connectivity index (χ4v) is 1.78. The molecular weight excluding hydrogens is 279 g/mol. The standard InChI is InChI=1S/C10H8Cl2N4O2/c1-5(10(17)18)16-9(13-14-15-16)7-4-6(11)2-3-8(7)12/h2-5H,1H3,(H,17,18). The maximum Gasteiger partial charge on any atom is 0.328 e. The second-order valence-corrected chi connectivity index (χ2v) is 4.43. The maximum atomic E-state index is 11.0. The Kier molecular flexibility index (Phi) is 3.49. The zero-order valence-electron chi connectivity index (χ0n) is 9.21. The number of aliphatic carboxylic acids is 1. The molecule has 18 heavy (non-hydrogen) atoms. The summed E-state index contributed by atoms with van der Waals surface area (Å²) < 4.78 is 1.18. The Morgan fingerprint density at radius 1 is 1.44 bits per heavy atom. The third kappa shape index (κ3) is 2.30. The van der Waals surface area contributed by atoms with Crippen LogP contribution in [0.4, 0.5) is 0 Å². The van der Waals surface area contributed by atoms with Crippen LogP contribution in [0.15, 0.2) is 18.2 Å². The largest absolute Gasteiger partial charge is 0.480 e. The van der Waals surface area contributed by atoms with Gasteiger partial charge in [-0.15, -0.1) is 5.10 Å². The van der Waals surface area contributed by atoms with E-state index in [0.717, 1.165) is 0 Å². The van der Waals surface area contributed by atoms with E-state index < -0.39 is 12.0 Å². The molecule has 0 aliphatic heterocycles. The van der Waals surface area contributed by atoms with Crippen molar-refractivity contribution < 1.29 is 9.90 Å². The molecule has 1 aromatic heterocycles. The third-order valence-corrected chi connectivity index (χ3v) is 2.95. The molecule has 2 aromatic rings. The van der Waals surface area contributed by atoms with Gasteiger partial charge in [0.1, 0.15) is 0 Å². The summed E-state index contributed by atoms with van der Waals surface area (Å²) >= 11 is 11.9. The van der Waals surface area contributed by atoms with Crippen LogP contribution in [0, 0.1) is 0 Å². The first-order chi connectivity index (χ1) is 8.50. The van der Waals surface area contributed by atoms with E-state index in [4.69, 9.17) is 28.3 Å². The summed E-state index contributed by atoms with van der Waals surface area (Å²) in [5.41, 5.74) is 0.488. The van der Waals surface area contributed by atoms with E-state index in [1.807, 2.05) is 0 Å². The Balaban J connectivity index is 2.55. The highest BCUT2D eigenvalue weighted by Gasteiger charge is 2.21. The molecule has 0 radical (unpaired) electrons. The van der Waals surface area contributed by atoms with Crippen molar-refractivity contribution in [2.45, 2.75) is 13.0 Å². The van der Waals surface area contributed by atoms with E-state index in [-0.39, 0.29) is 5.82 Å². The average Bonchev–Trinajstić information content (AvgIpc) is 2.80. The lowest BCUT2D eigenvalue weighted by molar-refractivity contribution is -0.140. The van der Waals surface area contributed by atoms with Crippen LogP contribution in [0.25, 0.3) is 11.4 Å². The molecule has 1 N–H and O–H groups in total. The summed E-state index contributed by atoms with van der Waals surface area (Å²) in [5, 5.41) is 20.8. The zero-order chi connectivity index (χ0) is 13.3. The molecule has 94 valence electrons. The molecule has 0 bridgehead atoms. The number of carboxylic acids is 1. The Morgan fingerprint density at radius 3 is 2.83 bits per heavy atom. The number of carboxylic acid groups (broad SMARTS) is 1. The van der Waals surface area contributed by atoms with E-state index in [9.17, 15) is 4.79 Å². The summed E-state index contributed by atoms with van der Waals surface area (Å²) in [4.78, 5) is 11.0. The highest BCUT2D eigenvalue weighted by molar-refractivity contribution is 6.35. The molecular formula is C10H8Cl2N4O2. The second-order valence-electron chi connectivity index (χ2n) is 3.59. The number of hydrogen-bond acceptors (Lipinski definition) is 4. The normalized spacial score (nSPS) is 12.4. The highest BCUT2D eigenvalue weighted by Crippen LogP contribution is 2.29. The number of tetrazole rings is 1. The predicted molar refractivity (Wildman–Crippen MR) is 65.6 cm³/mol. The lowest BCUT2D eigenvalue weighted by atomic mass is 10.2. The molecule has 0 amide bonds. The molecule has 8 heteroatoms. The van der Waals surface area contributed by atoms with Gasteiger partial charge in [-0.25, -0.2) is 9.48 Å². The molecule has 0 aliphatic carbocycles. The summed E-state index contributed by atoms with van der Waals surface area (Å²) in [6.07, 6.45) is 0. The van der Waals surface area contributed by atoms with E-state index >= 15 is 0 Å². The van der Waals surface area contributed by atoms with Crippen molar-refractivity contribution in [3.8, 4) is 11.4 Å². The molecule has 0 spiro atoms. The number of nitrogens with zero attached hydrogens (tertiary/aromatic N) is 4. The van der Waals surface area contributed by atoms with Gasteiger partial charge in [-0.1, -0.05) is 23.2 Å². The van der Waals surface area contributed by atoms with Crippen LogP contribution >= 0.6 is 23.2 Å². The molecule has 0 aliphatic rings. The quantitative estimate of drug-likeness (QED) is 0.936. The summed E-state index contributed by atoms with van der Waals surface area (Å²) in [6, 6.07) is 3.91. The van der Waals surface area contributed by atoms with Gasteiger partial charge in [0.2, 0.25) is 0 Å². The van der Waals surface area contributed by atoms with Gasteiger partial charge in [0.25, 0.3) is 0 Å². The molecule has 0 fully saturated rings. The van der Waals surface area contributed by atoms with Crippen LogP contribution in [0.5, 0.6) is 0 Å². The van der Waals surface area contributed by atoms with Crippen LogP contribution < -0.4 is 0 Å². The molecule has 0 saturated carbocycles. The Hall–Kier alpha value is -1.66. The van der Waals surface area contributed by atoms with Gasteiger partial charge < -0.3 is 5.11 Å². The van der Waals surface area contributed by atoms with Gasteiger partial charge in [0, 0.05) is 10.6 Å². The Bertz CT molecular complexity index is 599. The molecule has 1 aromatic carbocycles. The summed E-state index contributed by atoms with van der Waals surface area (Å²) in [5.74, 6) is -0.779. The van der Waals surface area contributed by atoms with Crippen molar-refractivity contribution in [1.82, 2.24) is 20.2 Å². The van der Waals surface area contributed by atoms with E-state index in [2.05, 4.69) is 15.5 Å². The number of halogens is 2. The van der Waals surface area contributed by atoms with Crippen LogP contribution in [0.3, 0.4) is 0 Å². The van der Waals surface area contributed by atoms with Gasteiger partial charge in [-0.3, -0.25) is 0 Å². The van der Waals surface area contributed by atoms with Gasteiger partial charge in [-0.2, -0.15) is 0 Å². The Morgan fingerprint density at radius 2 is 2.17 bits per heavy atom. The predicted octanol–water partition coefficient (Wildman–Crippen LogP) is 2.29. The highest BCUT2D eigenvalue weighted by atomic mass is 35.5. The number of rotatable bonds is 3. The minimum Gasteiger partial charge on any atom is -0.480 e. The fourth-order valence-electron chi connectivity index (χ4n) is 1.41. The third-order valence-electron chi connectivity index (χ3n) is 2.39. The number of benzene rings is 1. The molecule has 1 unspecified atom stereocenters. The molecule has 1 heterocycles. The molecule has 1 atom stereocenters. The zero-order valence-corrected chi connectivity index (χ0v) is 10.7. The van der Waals surface area contributed by atoms with E-state index in [1.165, 1.54) is 11.6 Å². The van der Waals surface area contributed by atoms with Crippen molar-refractivity contribution in [1.29, 1.82) is 0 Å². The monoisotopic (exact) mass is 286 g/mol. The van der Waals surface area contributed by atoms with E-state index in [0.29, 0.717) is 15.6 Å². The molecule has 2 rings (SSSR count). The van der Waals surface area contributed by atoms with Gasteiger partial charge in [0.05, 0.1) is 5.02 Å². The van der Waals surface area contributed by atoms with Crippen LogP contribution in [-0.2, 0) is 4.79 Å². The fraction of sp³-hybridized carbons (Fsp3) is 0.200. The topological polar surface area (TPSA) is 80.9 Å². The van der Waals surface area contributed by atoms with Gasteiger partial charge >= 0.3 is 5.97 Å². The lowest BCUT2D eigenvalue weighted by Crippen LogP contribution is -2.18. The molecule has 0 saturated heterocycles. The molecule has 6 nitrogen and oxygen atoms in total. The van der Waals surface area contributed by atoms with Crippen molar-refractivity contribution in [2.75, 3.05) is 0 Å². The number of carbonyl (C=O) groups is 1. The summed E-state index contributed by atoms with van der Waals surface area (Å²) in [7, 11) is 0. The minimum absolute atomic E-state index is 0.261. The first kappa shape index (κ1) is 12.8. The van der Waals surface area contributed by atoms with Crippen molar-refractivity contribution in [2.24, 2.45) is 0 Å². The average molecular weight is 287 g/mol. The smallest absolute Gasteiger partial charge is 0.328 e. The second kappa shape index (κ2) is 4.91. The SMILES string of the molecule is CC(C(=O)O)n1nnnc1-c1cc(Cl)ccc1Cl. The van der Waals surface area contributed by atoms with Crippen molar-refractivity contribution in [3.05, 3.63) is 28.2 Å². The summed E-state index contributed by atoms with van der Waals surface area (Å²) in [6.45, 7) is 1.47. The van der Waals surface area contributed by atoms with Crippen LogP contribution in [-0.4, -0.2) is 31.3 Å². The van der Waals surface area contributed by atoms with Gasteiger partial charge in [-0.05, 0) is 35.5 Å². The van der Waals surface area contributed by atoms with E-state index in [1.54, 1.807) is 18.2 Å². The van der Waals surface area contributed by atoms with Gasteiger partial charge in [0.15, 0.2) is 11.9 Å². The lowest BCUT2D eigenvalue weighted by Gasteiger charge is -2.09. The van der Waals surface area contributed by atoms with Crippen LogP contribution in [0.1, 0.15) is 13.0 Å².